The van der Waals surface area contributed by atoms with Gasteiger partial charge in [0.25, 0.3) is 0 Å². The number of ether oxygens (including phenoxy) is 1. The van der Waals surface area contributed by atoms with E-state index < -0.39 is 5.54 Å². The predicted octanol–water partition coefficient (Wildman–Crippen LogP) is 4.20. The fraction of sp³-hybridized carbons (Fsp3) is 0.450. The normalized spacial score (nSPS) is 17.9. The number of Topliss-reactive ketones (excluding diaryl/α,β-unsaturated/α-hetero) is 1. The summed E-state index contributed by atoms with van der Waals surface area (Å²) in [5, 5.41) is 0. The second-order valence-electron chi connectivity index (χ2n) is 5.93. The largest absolute Gasteiger partial charge is 0.379 e. The SMILES string of the molecule is C=CCSc1ccc(C(=O)C(CC)(CC=C)N2CCOCC2)cc1. The first kappa shape index (κ1) is 19.0. The first-order valence-electron chi connectivity index (χ1n) is 8.50. The van der Waals surface area contributed by atoms with Crippen LogP contribution in [0, 0.1) is 0 Å². The summed E-state index contributed by atoms with van der Waals surface area (Å²) >= 11 is 1.72. The van der Waals surface area contributed by atoms with Gasteiger partial charge in [-0.15, -0.1) is 24.9 Å². The summed E-state index contributed by atoms with van der Waals surface area (Å²) in [6.45, 7) is 12.7. The predicted molar refractivity (Wildman–Crippen MR) is 102 cm³/mol. The van der Waals surface area contributed by atoms with E-state index in [9.17, 15) is 4.79 Å². The molecule has 0 radical (unpaired) electrons. The van der Waals surface area contributed by atoms with Crippen LogP contribution in [0.3, 0.4) is 0 Å². The molecular weight excluding hydrogens is 318 g/mol. The highest BCUT2D eigenvalue weighted by atomic mass is 32.2. The van der Waals surface area contributed by atoms with Crippen LogP contribution in [0.4, 0.5) is 0 Å². The number of hydrogen-bond donors (Lipinski definition) is 0. The molecule has 1 unspecified atom stereocenters. The molecule has 0 aromatic heterocycles. The average molecular weight is 346 g/mol. The van der Waals surface area contributed by atoms with Crippen molar-refractivity contribution in [2.45, 2.75) is 30.2 Å². The lowest BCUT2D eigenvalue weighted by molar-refractivity contribution is -0.0154. The maximum atomic E-state index is 13.4. The number of rotatable bonds is 9. The fourth-order valence-corrected chi connectivity index (χ4v) is 3.89. The number of benzene rings is 1. The molecule has 2 rings (SSSR count). The number of ketones is 1. The van der Waals surface area contributed by atoms with Gasteiger partial charge in [0.05, 0.1) is 18.8 Å². The van der Waals surface area contributed by atoms with Gasteiger partial charge in [0, 0.05) is 29.3 Å². The van der Waals surface area contributed by atoms with Crippen molar-refractivity contribution < 1.29 is 9.53 Å². The van der Waals surface area contributed by atoms with E-state index >= 15 is 0 Å². The van der Waals surface area contributed by atoms with Crippen molar-refractivity contribution in [1.29, 1.82) is 0 Å². The van der Waals surface area contributed by atoms with E-state index in [1.807, 2.05) is 36.4 Å². The van der Waals surface area contributed by atoms with Crippen LogP contribution in [0.2, 0.25) is 0 Å². The molecule has 1 fully saturated rings. The van der Waals surface area contributed by atoms with Crippen LogP contribution in [0.1, 0.15) is 30.1 Å². The molecule has 1 aliphatic heterocycles. The highest BCUT2D eigenvalue weighted by molar-refractivity contribution is 7.99. The lowest BCUT2D eigenvalue weighted by Crippen LogP contribution is -2.57. The number of carbonyl (C=O) groups is 1. The minimum Gasteiger partial charge on any atom is -0.379 e. The van der Waals surface area contributed by atoms with Crippen molar-refractivity contribution in [3.63, 3.8) is 0 Å². The standard InChI is InChI=1S/C20H27NO2S/c1-4-11-20(6-3,21-12-14-23-15-13-21)19(22)17-7-9-18(10-8-17)24-16-5-2/h4-5,7-10H,1-2,6,11-16H2,3H3. The third-order valence-corrected chi connectivity index (χ3v) is 5.60. The number of morpholine rings is 1. The minimum absolute atomic E-state index is 0.187. The Hall–Kier alpha value is -1.36. The molecule has 0 amide bonds. The first-order valence-corrected chi connectivity index (χ1v) is 9.48. The van der Waals surface area contributed by atoms with Crippen molar-refractivity contribution in [1.82, 2.24) is 4.90 Å². The first-order chi connectivity index (χ1) is 11.7. The Bertz CT molecular complexity index is 564. The van der Waals surface area contributed by atoms with Crippen LogP contribution >= 0.6 is 11.8 Å². The molecule has 1 heterocycles. The second kappa shape index (κ2) is 9.21. The summed E-state index contributed by atoms with van der Waals surface area (Å²) in [6.07, 6.45) is 5.18. The topological polar surface area (TPSA) is 29.5 Å². The van der Waals surface area contributed by atoms with Crippen LogP contribution in [-0.4, -0.2) is 48.3 Å². The fourth-order valence-electron chi connectivity index (χ4n) is 3.25. The van der Waals surface area contributed by atoms with Gasteiger partial charge in [-0.05, 0) is 25.0 Å². The summed E-state index contributed by atoms with van der Waals surface area (Å²) < 4.78 is 5.47. The van der Waals surface area contributed by atoms with Gasteiger partial charge in [-0.1, -0.05) is 31.2 Å². The molecule has 130 valence electrons. The van der Waals surface area contributed by atoms with Gasteiger partial charge in [0.1, 0.15) is 0 Å². The monoisotopic (exact) mass is 345 g/mol. The summed E-state index contributed by atoms with van der Waals surface area (Å²) in [5.41, 5.74) is 0.259. The van der Waals surface area contributed by atoms with E-state index in [0.717, 1.165) is 35.7 Å². The van der Waals surface area contributed by atoms with Crippen LogP contribution < -0.4 is 0 Å². The molecule has 24 heavy (non-hydrogen) atoms. The van der Waals surface area contributed by atoms with Gasteiger partial charge in [-0.25, -0.2) is 0 Å². The van der Waals surface area contributed by atoms with Crippen LogP contribution in [-0.2, 0) is 4.74 Å². The summed E-state index contributed by atoms with van der Waals surface area (Å²) in [4.78, 5) is 16.8. The van der Waals surface area contributed by atoms with Crippen LogP contribution in [0.5, 0.6) is 0 Å². The van der Waals surface area contributed by atoms with Gasteiger partial charge in [-0.3, -0.25) is 9.69 Å². The van der Waals surface area contributed by atoms with Gasteiger partial charge < -0.3 is 4.74 Å². The molecule has 0 N–H and O–H groups in total. The number of carbonyl (C=O) groups excluding carboxylic acids is 1. The molecule has 1 aliphatic rings. The Kier molecular flexibility index (Phi) is 7.28. The number of hydrogen-bond acceptors (Lipinski definition) is 4. The Labute approximate surface area is 149 Å². The van der Waals surface area contributed by atoms with Crippen LogP contribution in [0.25, 0.3) is 0 Å². The van der Waals surface area contributed by atoms with E-state index in [0.29, 0.717) is 19.6 Å². The second-order valence-corrected chi connectivity index (χ2v) is 7.02. The molecule has 1 atom stereocenters. The third-order valence-electron chi connectivity index (χ3n) is 4.59. The molecule has 4 heteroatoms. The molecule has 0 aliphatic carbocycles. The quantitative estimate of drug-likeness (QED) is 0.381. The van der Waals surface area contributed by atoms with Crippen molar-refractivity contribution in [2.24, 2.45) is 0 Å². The van der Waals surface area contributed by atoms with Gasteiger partial charge in [-0.2, -0.15) is 0 Å². The van der Waals surface area contributed by atoms with E-state index in [1.165, 1.54) is 0 Å². The van der Waals surface area contributed by atoms with Gasteiger partial charge in [0.15, 0.2) is 5.78 Å². The summed E-state index contributed by atoms with van der Waals surface area (Å²) in [6, 6.07) is 7.94. The van der Waals surface area contributed by atoms with Crippen molar-refractivity contribution in [2.75, 3.05) is 32.1 Å². The van der Waals surface area contributed by atoms with E-state index in [-0.39, 0.29) is 5.78 Å². The van der Waals surface area contributed by atoms with Crippen molar-refractivity contribution in [3.05, 3.63) is 55.1 Å². The highest BCUT2D eigenvalue weighted by Gasteiger charge is 2.42. The van der Waals surface area contributed by atoms with E-state index in [1.54, 1.807) is 11.8 Å². The molecule has 0 saturated carbocycles. The molecular formula is C20H27NO2S. The zero-order valence-corrected chi connectivity index (χ0v) is 15.3. The van der Waals surface area contributed by atoms with Gasteiger partial charge >= 0.3 is 0 Å². The molecule has 1 saturated heterocycles. The van der Waals surface area contributed by atoms with Crippen molar-refractivity contribution in [3.8, 4) is 0 Å². The molecule has 0 spiro atoms. The molecule has 0 bridgehead atoms. The highest BCUT2D eigenvalue weighted by Crippen LogP contribution is 2.31. The Morgan fingerprint density at radius 3 is 2.46 bits per heavy atom. The summed E-state index contributed by atoms with van der Waals surface area (Å²) in [7, 11) is 0. The minimum atomic E-state index is -0.513. The average Bonchev–Trinajstić information content (AvgIpc) is 2.65. The summed E-state index contributed by atoms with van der Waals surface area (Å²) in [5.74, 6) is 1.06. The number of thioether (sulfide) groups is 1. The zero-order chi connectivity index (χ0) is 17.4. The zero-order valence-electron chi connectivity index (χ0n) is 14.5. The molecule has 3 nitrogen and oxygen atoms in total. The third kappa shape index (κ3) is 4.18. The number of nitrogens with zero attached hydrogens (tertiary/aromatic N) is 1. The molecule has 1 aromatic carbocycles. The van der Waals surface area contributed by atoms with Crippen molar-refractivity contribution >= 4 is 17.5 Å². The smallest absolute Gasteiger partial charge is 0.183 e. The van der Waals surface area contributed by atoms with Gasteiger partial charge in [0.2, 0.25) is 0 Å². The lowest BCUT2D eigenvalue weighted by atomic mass is 9.81. The Balaban J connectivity index is 2.26. The van der Waals surface area contributed by atoms with E-state index in [4.69, 9.17) is 4.74 Å². The van der Waals surface area contributed by atoms with Crippen LogP contribution in [0.15, 0.2) is 54.5 Å². The Morgan fingerprint density at radius 2 is 1.92 bits per heavy atom. The lowest BCUT2D eigenvalue weighted by Gasteiger charge is -2.43. The maximum Gasteiger partial charge on any atom is 0.183 e. The molecule has 1 aromatic rings. The van der Waals surface area contributed by atoms with E-state index in [2.05, 4.69) is 25.0 Å². The maximum absolute atomic E-state index is 13.4. The Morgan fingerprint density at radius 1 is 1.25 bits per heavy atom.